The van der Waals surface area contributed by atoms with E-state index in [0.29, 0.717) is 0 Å². The van der Waals surface area contributed by atoms with Gasteiger partial charge in [0, 0.05) is 0 Å². The van der Waals surface area contributed by atoms with Crippen LogP contribution >= 0.6 is 0 Å². The molecule has 4 bridgehead atoms. The zero-order valence-electron chi connectivity index (χ0n) is 10.8. The zero-order valence-corrected chi connectivity index (χ0v) is 10.8. The molecule has 0 heterocycles. The maximum absolute atomic E-state index is 3.28. The van der Waals surface area contributed by atoms with E-state index in [1.54, 1.807) is 38.5 Å². The monoisotopic (exact) mass is 221 g/mol. The van der Waals surface area contributed by atoms with E-state index in [1.807, 2.05) is 0 Å². The molecule has 0 aromatic heterocycles. The van der Waals surface area contributed by atoms with Gasteiger partial charge in [0.1, 0.15) is 0 Å². The quantitative estimate of drug-likeness (QED) is 0.700. The van der Waals surface area contributed by atoms with E-state index in [2.05, 4.69) is 12.4 Å². The van der Waals surface area contributed by atoms with E-state index in [4.69, 9.17) is 0 Å². The van der Waals surface area contributed by atoms with E-state index in [1.165, 1.54) is 25.8 Å². The molecular weight excluding hydrogens is 194 g/mol. The molecule has 92 valence electrons. The molecule has 1 heteroatoms. The highest BCUT2D eigenvalue weighted by atomic mass is 14.8. The number of unbranched alkanes of at least 4 members (excludes halogenated alkanes) is 1. The lowest BCUT2D eigenvalue weighted by atomic mass is 9.48. The average molecular weight is 221 g/mol. The van der Waals surface area contributed by atoms with Crippen LogP contribution in [0.1, 0.15) is 57.8 Å². The Morgan fingerprint density at radius 1 is 0.938 bits per heavy atom. The molecule has 0 unspecified atom stereocenters. The second-order valence-corrected chi connectivity index (χ2v) is 6.98. The van der Waals surface area contributed by atoms with Crippen LogP contribution in [-0.4, -0.2) is 13.6 Å². The molecule has 0 amide bonds. The van der Waals surface area contributed by atoms with E-state index >= 15 is 0 Å². The van der Waals surface area contributed by atoms with Crippen molar-refractivity contribution in [3.8, 4) is 0 Å². The summed E-state index contributed by atoms with van der Waals surface area (Å²) < 4.78 is 0. The highest BCUT2D eigenvalue weighted by Crippen LogP contribution is 2.61. The Balaban J connectivity index is 1.56. The van der Waals surface area contributed by atoms with Crippen LogP contribution in [0.2, 0.25) is 0 Å². The molecule has 0 aromatic carbocycles. The lowest BCUT2D eigenvalue weighted by molar-refractivity contribution is -0.0582. The van der Waals surface area contributed by atoms with E-state index < -0.39 is 0 Å². The molecule has 4 saturated carbocycles. The van der Waals surface area contributed by atoms with E-state index in [0.717, 1.165) is 23.2 Å². The number of hydrogen-bond donors (Lipinski definition) is 1. The lowest BCUT2D eigenvalue weighted by Gasteiger charge is -2.57. The summed E-state index contributed by atoms with van der Waals surface area (Å²) in [4.78, 5) is 0. The largest absolute Gasteiger partial charge is 0.320 e. The van der Waals surface area contributed by atoms with Gasteiger partial charge in [0.2, 0.25) is 0 Å². The van der Waals surface area contributed by atoms with Gasteiger partial charge in [-0.05, 0) is 88.1 Å². The first-order chi connectivity index (χ1) is 7.80. The molecule has 0 atom stereocenters. The Bertz CT molecular complexity index is 211. The van der Waals surface area contributed by atoms with Crippen molar-refractivity contribution in [1.29, 1.82) is 0 Å². The molecule has 16 heavy (non-hydrogen) atoms. The second-order valence-electron chi connectivity index (χ2n) is 6.98. The molecule has 0 radical (unpaired) electrons. The van der Waals surface area contributed by atoms with Gasteiger partial charge in [0.15, 0.2) is 0 Å². The van der Waals surface area contributed by atoms with Crippen LogP contribution < -0.4 is 5.32 Å². The summed E-state index contributed by atoms with van der Waals surface area (Å²) in [5.41, 5.74) is 0.822. The van der Waals surface area contributed by atoms with Gasteiger partial charge < -0.3 is 5.32 Å². The average Bonchev–Trinajstić information content (AvgIpc) is 2.22. The van der Waals surface area contributed by atoms with Gasteiger partial charge in [-0.2, -0.15) is 0 Å². The maximum Gasteiger partial charge on any atom is -0.00519 e. The maximum atomic E-state index is 3.28. The summed E-state index contributed by atoms with van der Waals surface area (Å²) in [6, 6.07) is 0. The Kier molecular flexibility index (Phi) is 2.99. The van der Waals surface area contributed by atoms with Crippen LogP contribution in [0, 0.1) is 23.2 Å². The number of hydrogen-bond acceptors (Lipinski definition) is 1. The molecule has 4 aliphatic rings. The first kappa shape index (κ1) is 11.1. The fraction of sp³-hybridized carbons (Fsp3) is 1.00. The fourth-order valence-corrected chi connectivity index (χ4v) is 5.40. The van der Waals surface area contributed by atoms with Crippen molar-refractivity contribution in [2.75, 3.05) is 13.6 Å². The smallest absolute Gasteiger partial charge is 0.00519 e. The van der Waals surface area contributed by atoms with Crippen molar-refractivity contribution in [2.24, 2.45) is 23.2 Å². The highest BCUT2D eigenvalue weighted by Gasteiger charge is 2.50. The van der Waals surface area contributed by atoms with Gasteiger partial charge in [0.25, 0.3) is 0 Å². The predicted octanol–water partition coefficient (Wildman–Crippen LogP) is 3.59. The van der Waals surface area contributed by atoms with Crippen molar-refractivity contribution in [2.45, 2.75) is 57.8 Å². The Labute approximate surface area is 100 Å². The summed E-state index contributed by atoms with van der Waals surface area (Å²) in [5.74, 6) is 3.40. The molecular formula is C15H27N. The lowest BCUT2D eigenvalue weighted by Crippen LogP contribution is -2.45. The predicted molar refractivity (Wildman–Crippen MR) is 68.4 cm³/mol. The summed E-state index contributed by atoms with van der Waals surface area (Å²) >= 11 is 0. The minimum Gasteiger partial charge on any atom is -0.320 e. The molecule has 0 saturated heterocycles. The number of nitrogens with one attached hydrogen (secondary N) is 1. The van der Waals surface area contributed by atoms with Crippen molar-refractivity contribution in [3.63, 3.8) is 0 Å². The van der Waals surface area contributed by atoms with Crippen LogP contribution in [-0.2, 0) is 0 Å². The Morgan fingerprint density at radius 2 is 1.50 bits per heavy atom. The molecule has 1 N–H and O–H groups in total. The Morgan fingerprint density at radius 3 is 2.00 bits per heavy atom. The van der Waals surface area contributed by atoms with Crippen LogP contribution in [0.25, 0.3) is 0 Å². The van der Waals surface area contributed by atoms with Crippen LogP contribution in [0.5, 0.6) is 0 Å². The van der Waals surface area contributed by atoms with Gasteiger partial charge in [0.05, 0.1) is 0 Å². The van der Waals surface area contributed by atoms with Crippen LogP contribution in [0.3, 0.4) is 0 Å². The van der Waals surface area contributed by atoms with E-state index in [9.17, 15) is 0 Å². The topological polar surface area (TPSA) is 12.0 Å². The van der Waals surface area contributed by atoms with Crippen LogP contribution in [0.15, 0.2) is 0 Å². The van der Waals surface area contributed by atoms with Crippen molar-refractivity contribution in [3.05, 3.63) is 0 Å². The van der Waals surface area contributed by atoms with Gasteiger partial charge in [-0.25, -0.2) is 0 Å². The van der Waals surface area contributed by atoms with Crippen molar-refractivity contribution in [1.82, 2.24) is 5.32 Å². The normalized spacial score (nSPS) is 45.2. The molecule has 0 aromatic rings. The summed E-state index contributed by atoms with van der Waals surface area (Å²) in [6.45, 7) is 1.21. The molecule has 4 rings (SSSR count). The second kappa shape index (κ2) is 4.33. The number of rotatable bonds is 5. The summed E-state index contributed by atoms with van der Waals surface area (Å²) in [6.07, 6.45) is 14.0. The first-order valence-electron chi connectivity index (χ1n) is 7.44. The fourth-order valence-electron chi connectivity index (χ4n) is 5.40. The van der Waals surface area contributed by atoms with Gasteiger partial charge in [-0.3, -0.25) is 0 Å². The third-order valence-electron chi connectivity index (χ3n) is 5.55. The third kappa shape index (κ3) is 2.03. The first-order valence-corrected chi connectivity index (χ1v) is 7.44. The molecule has 0 aliphatic heterocycles. The van der Waals surface area contributed by atoms with E-state index in [-0.39, 0.29) is 0 Å². The van der Waals surface area contributed by atoms with Gasteiger partial charge in [-0.1, -0.05) is 6.42 Å². The SMILES string of the molecule is CNCCCCC12CC3CC(CC(C3)C1)C2. The summed E-state index contributed by atoms with van der Waals surface area (Å²) in [5, 5.41) is 3.28. The van der Waals surface area contributed by atoms with Gasteiger partial charge >= 0.3 is 0 Å². The minimum atomic E-state index is 0.822. The van der Waals surface area contributed by atoms with Crippen molar-refractivity contribution < 1.29 is 0 Å². The van der Waals surface area contributed by atoms with Crippen molar-refractivity contribution >= 4 is 0 Å². The standard InChI is InChI=1S/C15H27N/c1-16-5-3-2-4-15-9-12-6-13(10-15)8-14(7-12)11-15/h12-14,16H,2-11H2,1H3. The molecule has 0 spiro atoms. The third-order valence-corrected chi connectivity index (χ3v) is 5.55. The molecule has 4 aliphatic carbocycles. The molecule has 1 nitrogen and oxygen atoms in total. The summed E-state index contributed by atoms with van der Waals surface area (Å²) in [7, 11) is 2.07. The van der Waals surface area contributed by atoms with Crippen LogP contribution in [0.4, 0.5) is 0 Å². The molecule has 4 fully saturated rings. The zero-order chi connectivity index (χ0) is 11.0. The highest BCUT2D eigenvalue weighted by molar-refractivity contribution is 5.01. The van der Waals surface area contributed by atoms with Gasteiger partial charge in [-0.15, -0.1) is 0 Å². The minimum absolute atomic E-state index is 0.822. The Hall–Kier alpha value is -0.0400.